The standard InChI is InChI=1S/C15H24N2O/c1-4-14(11-16-3)15(18)17-9-8-13-7-5-6-12(2)10-13/h5-7,10,14,16H,4,8-9,11H2,1-3H3,(H,17,18). The van der Waals surface area contributed by atoms with E-state index in [0.717, 1.165) is 19.4 Å². The van der Waals surface area contributed by atoms with Crippen molar-refractivity contribution in [2.24, 2.45) is 5.92 Å². The molecule has 3 heteroatoms. The summed E-state index contributed by atoms with van der Waals surface area (Å²) in [6.07, 6.45) is 1.76. The van der Waals surface area contributed by atoms with Gasteiger partial charge in [0.05, 0.1) is 5.92 Å². The minimum Gasteiger partial charge on any atom is -0.355 e. The molecule has 1 amide bonds. The number of carbonyl (C=O) groups excluding carboxylic acids is 1. The fourth-order valence-electron chi connectivity index (χ4n) is 2.01. The maximum Gasteiger partial charge on any atom is 0.224 e. The first-order valence-electron chi connectivity index (χ1n) is 6.65. The van der Waals surface area contributed by atoms with Gasteiger partial charge in [0.1, 0.15) is 0 Å². The summed E-state index contributed by atoms with van der Waals surface area (Å²) < 4.78 is 0. The Balaban J connectivity index is 2.35. The SMILES string of the molecule is CCC(CNC)C(=O)NCCc1cccc(C)c1. The highest BCUT2D eigenvalue weighted by atomic mass is 16.1. The Labute approximate surface area is 110 Å². The van der Waals surface area contributed by atoms with Gasteiger partial charge in [-0.25, -0.2) is 0 Å². The van der Waals surface area contributed by atoms with Crippen molar-refractivity contribution in [1.29, 1.82) is 0 Å². The van der Waals surface area contributed by atoms with E-state index < -0.39 is 0 Å². The van der Waals surface area contributed by atoms with Crippen molar-refractivity contribution in [2.45, 2.75) is 26.7 Å². The van der Waals surface area contributed by atoms with Crippen molar-refractivity contribution in [3.8, 4) is 0 Å². The second kappa shape index (κ2) is 7.88. The molecule has 0 fully saturated rings. The van der Waals surface area contributed by atoms with Gasteiger partial charge < -0.3 is 10.6 Å². The molecule has 3 nitrogen and oxygen atoms in total. The summed E-state index contributed by atoms with van der Waals surface area (Å²) in [6, 6.07) is 8.41. The highest BCUT2D eigenvalue weighted by Crippen LogP contribution is 2.05. The molecule has 0 saturated heterocycles. The van der Waals surface area contributed by atoms with E-state index in [0.29, 0.717) is 6.54 Å². The third kappa shape index (κ3) is 4.88. The lowest BCUT2D eigenvalue weighted by Gasteiger charge is -2.14. The van der Waals surface area contributed by atoms with Crippen LogP contribution in [0.3, 0.4) is 0 Å². The van der Waals surface area contributed by atoms with Crippen LogP contribution < -0.4 is 10.6 Å². The van der Waals surface area contributed by atoms with Gasteiger partial charge in [-0.1, -0.05) is 36.8 Å². The summed E-state index contributed by atoms with van der Waals surface area (Å²) in [5, 5.41) is 6.06. The smallest absolute Gasteiger partial charge is 0.224 e. The van der Waals surface area contributed by atoms with Crippen molar-refractivity contribution in [3.63, 3.8) is 0 Å². The predicted octanol–water partition coefficient (Wildman–Crippen LogP) is 1.90. The Morgan fingerprint density at radius 1 is 1.39 bits per heavy atom. The molecule has 0 bridgehead atoms. The van der Waals surface area contributed by atoms with Crippen LogP contribution in [0.2, 0.25) is 0 Å². The second-order valence-corrected chi connectivity index (χ2v) is 4.69. The van der Waals surface area contributed by atoms with Crippen LogP contribution in [0.25, 0.3) is 0 Å². The molecule has 1 rings (SSSR count). The average molecular weight is 248 g/mol. The van der Waals surface area contributed by atoms with Crippen molar-refractivity contribution < 1.29 is 4.79 Å². The molecule has 0 aliphatic rings. The maximum atomic E-state index is 11.9. The van der Waals surface area contributed by atoms with Gasteiger partial charge in [-0.15, -0.1) is 0 Å². The molecule has 0 heterocycles. The Hall–Kier alpha value is -1.35. The minimum atomic E-state index is 0.0764. The van der Waals surface area contributed by atoms with E-state index >= 15 is 0 Å². The van der Waals surface area contributed by atoms with Gasteiger partial charge in [0, 0.05) is 13.1 Å². The topological polar surface area (TPSA) is 41.1 Å². The van der Waals surface area contributed by atoms with Gasteiger partial charge in [-0.2, -0.15) is 0 Å². The summed E-state index contributed by atoms with van der Waals surface area (Å²) >= 11 is 0. The number of aryl methyl sites for hydroxylation is 1. The van der Waals surface area contributed by atoms with Crippen LogP contribution in [0.5, 0.6) is 0 Å². The molecule has 1 aromatic carbocycles. The van der Waals surface area contributed by atoms with E-state index in [9.17, 15) is 4.79 Å². The molecular formula is C15H24N2O. The molecule has 0 spiro atoms. The molecule has 0 aromatic heterocycles. The van der Waals surface area contributed by atoms with Crippen LogP contribution in [0, 0.1) is 12.8 Å². The number of hydrogen-bond donors (Lipinski definition) is 2. The van der Waals surface area contributed by atoms with Crippen molar-refractivity contribution in [2.75, 3.05) is 20.1 Å². The first kappa shape index (κ1) is 14.7. The van der Waals surface area contributed by atoms with E-state index in [1.807, 2.05) is 14.0 Å². The van der Waals surface area contributed by atoms with Crippen molar-refractivity contribution in [1.82, 2.24) is 10.6 Å². The Morgan fingerprint density at radius 3 is 2.78 bits per heavy atom. The molecule has 0 radical (unpaired) electrons. The number of hydrogen-bond acceptors (Lipinski definition) is 2. The van der Waals surface area contributed by atoms with E-state index in [1.54, 1.807) is 0 Å². The highest BCUT2D eigenvalue weighted by Gasteiger charge is 2.14. The van der Waals surface area contributed by atoms with E-state index in [-0.39, 0.29) is 11.8 Å². The Morgan fingerprint density at radius 2 is 2.17 bits per heavy atom. The Bertz CT molecular complexity index is 377. The lowest BCUT2D eigenvalue weighted by Crippen LogP contribution is -2.36. The first-order valence-corrected chi connectivity index (χ1v) is 6.65. The highest BCUT2D eigenvalue weighted by molar-refractivity contribution is 5.78. The van der Waals surface area contributed by atoms with Crippen LogP contribution in [-0.2, 0) is 11.2 Å². The van der Waals surface area contributed by atoms with Gasteiger partial charge >= 0.3 is 0 Å². The van der Waals surface area contributed by atoms with Gasteiger partial charge in [-0.3, -0.25) is 4.79 Å². The van der Waals surface area contributed by atoms with Gasteiger partial charge in [0.2, 0.25) is 5.91 Å². The van der Waals surface area contributed by atoms with Crippen molar-refractivity contribution in [3.05, 3.63) is 35.4 Å². The monoisotopic (exact) mass is 248 g/mol. The number of amides is 1. The van der Waals surface area contributed by atoms with Gasteiger partial charge in [0.25, 0.3) is 0 Å². The fraction of sp³-hybridized carbons (Fsp3) is 0.533. The second-order valence-electron chi connectivity index (χ2n) is 4.69. The molecule has 2 N–H and O–H groups in total. The van der Waals surface area contributed by atoms with Gasteiger partial charge in [0.15, 0.2) is 0 Å². The maximum absolute atomic E-state index is 11.9. The third-order valence-corrected chi connectivity index (χ3v) is 3.11. The summed E-state index contributed by atoms with van der Waals surface area (Å²) in [7, 11) is 1.88. The molecule has 18 heavy (non-hydrogen) atoms. The molecule has 1 unspecified atom stereocenters. The average Bonchev–Trinajstić information content (AvgIpc) is 2.36. The van der Waals surface area contributed by atoms with E-state index in [2.05, 4.69) is 41.8 Å². The number of nitrogens with one attached hydrogen (secondary N) is 2. The summed E-state index contributed by atoms with van der Waals surface area (Å²) in [5.74, 6) is 0.229. The lowest BCUT2D eigenvalue weighted by molar-refractivity contribution is -0.124. The molecule has 1 aromatic rings. The van der Waals surface area contributed by atoms with E-state index in [1.165, 1.54) is 11.1 Å². The van der Waals surface area contributed by atoms with Crippen LogP contribution >= 0.6 is 0 Å². The molecule has 0 aliphatic carbocycles. The lowest BCUT2D eigenvalue weighted by atomic mass is 10.1. The summed E-state index contributed by atoms with van der Waals surface area (Å²) in [4.78, 5) is 11.9. The molecule has 100 valence electrons. The van der Waals surface area contributed by atoms with Crippen LogP contribution in [0.15, 0.2) is 24.3 Å². The van der Waals surface area contributed by atoms with Crippen LogP contribution in [-0.4, -0.2) is 26.0 Å². The molecule has 0 aliphatic heterocycles. The fourth-order valence-corrected chi connectivity index (χ4v) is 2.01. The molecule has 0 saturated carbocycles. The van der Waals surface area contributed by atoms with E-state index in [4.69, 9.17) is 0 Å². The zero-order valence-corrected chi connectivity index (χ0v) is 11.6. The Kier molecular flexibility index (Phi) is 6.44. The minimum absolute atomic E-state index is 0.0764. The number of rotatable bonds is 7. The number of benzene rings is 1. The summed E-state index contributed by atoms with van der Waals surface area (Å²) in [6.45, 7) is 5.58. The predicted molar refractivity (Wildman–Crippen MR) is 75.6 cm³/mol. The van der Waals surface area contributed by atoms with Gasteiger partial charge in [-0.05, 0) is 32.4 Å². The van der Waals surface area contributed by atoms with Crippen LogP contribution in [0.1, 0.15) is 24.5 Å². The van der Waals surface area contributed by atoms with Crippen LogP contribution in [0.4, 0.5) is 0 Å². The third-order valence-electron chi connectivity index (χ3n) is 3.11. The zero-order chi connectivity index (χ0) is 13.4. The largest absolute Gasteiger partial charge is 0.355 e. The van der Waals surface area contributed by atoms with Crippen molar-refractivity contribution >= 4 is 5.91 Å². The molecule has 1 atom stereocenters. The first-order chi connectivity index (χ1) is 8.67. The quantitative estimate of drug-likeness (QED) is 0.774. The number of carbonyl (C=O) groups is 1. The molecular weight excluding hydrogens is 224 g/mol. The zero-order valence-electron chi connectivity index (χ0n) is 11.6. The normalized spacial score (nSPS) is 12.2. The summed E-state index contributed by atoms with van der Waals surface area (Å²) in [5.41, 5.74) is 2.54.